The molecule has 0 N–H and O–H groups in total. The van der Waals surface area contributed by atoms with Crippen molar-refractivity contribution in [3.63, 3.8) is 0 Å². The SMILES string of the molecule is C=C(C)c1c(C(=O)OC)sc2c(-c3cc(F)cc(F)c3F)ccnc12. The fraction of sp³-hybridized carbons (Fsp3) is 0.111. The number of carbonyl (C=O) groups excluding carboxylic acids is 1. The molecule has 0 spiro atoms. The third kappa shape index (κ3) is 2.80. The zero-order chi connectivity index (χ0) is 18.3. The summed E-state index contributed by atoms with van der Waals surface area (Å²) in [6.07, 6.45) is 1.39. The van der Waals surface area contributed by atoms with Gasteiger partial charge in [-0.25, -0.2) is 18.0 Å². The van der Waals surface area contributed by atoms with Crippen LogP contribution in [0.2, 0.25) is 0 Å². The first-order valence-electron chi connectivity index (χ1n) is 7.15. The summed E-state index contributed by atoms with van der Waals surface area (Å²) in [7, 11) is 1.24. The second-order valence-corrected chi connectivity index (χ2v) is 6.38. The zero-order valence-corrected chi connectivity index (χ0v) is 14.1. The Labute approximate surface area is 145 Å². The first-order chi connectivity index (χ1) is 11.8. The van der Waals surface area contributed by atoms with E-state index in [0.717, 1.165) is 17.4 Å². The fourth-order valence-corrected chi connectivity index (χ4v) is 3.87. The standard InChI is InChI=1S/C18H12F3NO2S/c1-8(2)13-15-16(25-17(13)18(23)24-3)10(4-5-22-15)11-6-9(19)7-12(20)14(11)21/h4-7H,1H2,2-3H3. The van der Waals surface area contributed by atoms with Crippen LogP contribution in [0.1, 0.15) is 22.2 Å². The summed E-state index contributed by atoms with van der Waals surface area (Å²) in [6, 6.07) is 2.83. The first-order valence-corrected chi connectivity index (χ1v) is 7.97. The van der Waals surface area contributed by atoms with Gasteiger partial charge in [0.2, 0.25) is 0 Å². The Morgan fingerprint density at radius 2 is 1.96 bits per heavy atom. The molecule has 1 aromatic carbocycles. The monoisotopic (exact) mass is 363 g/mol. The van der Waals surface area contributed by atoms with Gasteiger partial charge in [0.15, 0.2) is 11.6 Å². The van der Waals surface area contributed by atoms with Gasteiger partial charge in [-0.05, 0) is 24.6 Å². The number of allylic oxidation sites excluding steroid dienone is 1. The maximum atomic E-state index is 14.2. The summed E-state index contributed by atoms with van der Waals surface area (Å²) in [5, 5.41) is 0. The Morgan fingerprint density at radius 1 is 1.24 bits per heavy atom. The minimum atomic E-state index is -1.29. The molecule has 25 heavy (non-hydrogen) atoms. The first kappa shape index (κ1) is 17.2. The molecule has 0 aliphatic heterocycles. The highest BCUT2D eigenvalue weighted by atomic mass is 32.1. The summed E-state index contributed by atoms with van der Waals surface area (Å²) in [4.78, 5) is 16.5. The van der Waals surface area contributed by atoms with Gasteiger partial charge in [-0.3, -0.25) is 4.98 Å². The van der Waals surface area contributed by atoms with Crippen LogP contribution in [-0.2, 0) is 4.74 Å². The number of pyridine rings is 1. The molecule has 0 saturated heterocycles. The number of methoxy groups -OCH3 is 1. The zero-order valence-electron chi connectivity index (χ0n) is 13.3. The number of nitrogens with zero attached hydrogens (tertiary/aromatic N) is 1. The predicted molar refractivity (Wildman–Crippen MR) is 91.0 cm³/mol. The molecule has 3 rings (SSSR count). The van der Waals surface area contributed by atoms with E-state index in [2.05, 4.69) is 11.6 Å². The third-order valence-electron chi connectivity index (χ3n) is 3.65. The van der Waals surface area contributed by atoms with Crippen LogP contribution in [0.15, 0.2) is 31.0 Å². The molecule has 7 heteroatoms. The molecule has 2 heterocycles. The maximum absolute atomic E-state index is 14.2. The lowest BCUT2D eigenvalue weighted by atomic mass is 10.0. The van der Waals surface area contributed by atoms with Crippen molar-refractivity contribution in [3.05, 3.63) is 58.9 Å². The third-order valence-corrected chi connectivity index (χ3v) is 4.85. The number of ether oxygens (including phenoxy) is 1. The molecule has 0 atom stereocenters. The van der Waals surface area contributed by atoms with Crippen LogP contribution in [0.25, 0.3) is 26.9 Å². The van der Waals surface area contributed by atoms with Crippen molar-refractivity contribution in [2.45, 2.75) is 6.92 Å². The van der Waals surface area contributed by atoms with Crippen LogP contribution in [0.3, 0.4) is 0 Å². The van der Waals surface area contributed by atoms with Crippen LogP contribution < -0.4 is 0 Å². The van der Waals surface area contributed by atoms with Crippen molar-refractivity contribution in [2.24, 2.45) is 0 Å². The summed E-state index contributed by atoms with van der Waals surface area (Å²) in [6.45, 7) is 5.54. The molecule has 128 valence electrons. The number of carbonyl (C=O) groups is 1. The lowest BCUT2D eigenvalue weighted by Gasteiger charge is -2.06. The number of halogens is 3. The summed E-state index contributed by atoms with van der Waals surface area (Å²) >= 11 is 1.02. The van der Waals surface area contributed by atoms with Gasteiger partial charge in [0.1, 0.15) is 10.7 Å². The summed E-state index contributed by atoms with van der Waals surface area (Å²) < 4.78 is 46.6. The van der Waals surface area contributed by atoms with Crippen molar-refractivity contribution >= 4 is 33.1 Å². The van der Waals surface area contributed by atoms with Gasteiger partial charge in [0.25, 0.3) is 0 Å². The number of esters is 1. The Morgan fingerprint density at radius 3 is 2.60 bits per heavy atom. The van der Waals surface area contributed by atoms with E-state index < -0.39 is 23.4 Å². The number of rotatable bonds is 3. The number of fused-ring (bicyclic) bond motifs is 1. The maximum Gasteiger partial charge on any atom is 0.348 e. The molecule has 3 nitrogen and oxygen atoms in total. The number of benzene rings is 1. The molecule has 2 aromatic heterocycles. The van der Waals surface area contributed by atoms with E-state index in [-0.39, 0.29) is 16.0 Å². The van der Waals surface area contributed by atoms with Crippen molar-refractivity contribution < 1.29 is 22.7 Å². The van der Waals surface area contributed by atoms with Gasteiger partial charge in [0.05, 0.1) is 17.3 Å². The lowest BCUT2D eigenvalue weighted by molar-refractivity contribution is 0.0606. The molecule has 0 amide bonds. The normalized spacial score (nSPS) is 10.9. The highest BCUT2D eigenvalue weighted by Crippen LogP contribution is 2.40. The molecule has 0 aliphatic carbocycles. The summed E-state index contributed by atoms with van der Waals surface area (Å²) in [5.74, 6) is -3.94. The quantitative estimate of drug-likeness (QED) is 0.474. The number of hydrogen-bond acceptors (Lipinski definition) is 4. The minimum absolute atomic E-state index is 0.239. The highest BCUT2D eigenvalue weighted by Gasteiger charge is 2.24. The molecular formula is C18H12F3NO2S. The van der Waals surface area contributed by atoms with E-state index in [1.807, 2.05) is 0 Å². The van der Waals surface area contributed by atoms with Crippen molar-refractivity contribution in [3.8, 4) is 11.1 Å². The topological polar surface area (TPSA) is 39.2 Å². The minimum Gasteiger partial charge on any atom is -0.465 e. The summed E-state index contributed by atoms with van der Waals surface area (Å²) in [5.41, 5.74) is 1.45. The van der Waals surface area contributed by atoms with Gasteiger partial charge >= 0.3 is 5.97 Å². The number of hydrogen-bond donors (Lipinski definition) is 0. The largest absolute Gasteiger partial charge is 0.465 e. The van der Waals surface area contributed by atoms with E-state index in [1.165, 1.54) is 19.4 Å². The van der Waals surface area contributed by atoms with Gasteiger partial charge in [-0.15, -0.1) is 11.3 Å². The van der Waals surface area contributed by atoms with E-state index >= 15 is 0 Å². The predicted octanol–water partition coefficient (Wildman–Crippen LogP) is 5.20. The molecule has 0 saturated carbocycles. The molecule has 3 aromatic rings. The van der Waals surface area contributed by atoms with Gasteiger partial charge < -0.3 is 4.74 Å². The highest BCUT2D eigenvalue weighted by molar-refractivity contribution is 7.21. The Hall–Kier alpha value is -2.67. The van der Waals surface area contributed by atoms with Crippen LogP contribution in [0.5, 0.6) is 0 Å². The number of thiophene rings is 1. The van der Waals surface area contributed by atoms with Crippen LogP contribution in [-0.4, -0.2) is 18.1 Å². The van der Waals surface area contributed by atoms with Crippen LogP contribution in [0, 0.1) is 17.5 Å². The molecule has 0 bridgehead atoms. The molecule has 0 unspecified atom stereocenters. The second-order valence-electron chi connectivity index (χ2n) is 5.36. The van der Waals surface area contributed by atoms with E-state index in [9.17, 15) is 18.0 Å². The average molecular weight is 363 g/mol. The Bertz CT molecular complexity index is 1030. The Balaban J connectivity index is 2.40. The smallest absolute Gasteiger partial charge is 0.348 e. The van der Waals surface area contributed by atoms with Crippen LogP contribution >= 0.6 is 11.3 Å². The van der Waals surface area contributed by atoms with Crippen LogP contribution in [0.4, 0.5) is 13.2 Å². The fourth-order valence-electron chi connectivity index (χ4n) is 2.59. The van der Waals surface area contributed by atoms with E-state index in [0.29, 0.717) is 27.4 Å². The second kappa shape index (κ2) is 6.33. The molecular weight excluding hydrogens is 351 g/mol. The average Bonchev–Trinajstić information content (AvgIpc) is 2.97. The van der Waals surface area contributed by atoms with Crippen molar-refractivity contribution in [2.75, 3.05) is 7.11 Å². The molecule has 0 fully saturated rings. The Kier molecular flexibility index (Phi) is 4.34. The van der Waals surface area contributed by atoms with Crippen molar-refractivity contribution in [1.29, 1.82) is 0 Å². The van der Waals surface area contributed by atoms with Gasteiger partial charge in [-0.2, -0.15) is 0 Å². The van der Waals surface area contributed by atoms with Gasteiger partial charge in [-0.1, -0.05) is 6.58 Å². The van der Waals surface area contributed by atoms with Crippen molar-refractivity contribution in [1.82, 2.24) is 4.98 Å². The lowest BCUT2D eigenvalue weighted by Crippen LogP contribution is -2.01. The van der Waals surface area contributed by atoms with E-state index in [1.54, 1.807) is 6.92 Å². The van der Waals surface area contributed by atoms with Gasteiger partial charge in [0, 0.05) is 29.0 Å². The number of aromatic nitrogens is 1. The van der Waals surface area contributed by atoms with E-state index in [4.69, 9.17) is 4.74 Å². The molecule has 0 radical (unpaired) electrons. The molecule has 0 aliphatic rings.